The maximum Gasteiger partial charge on any atom is 0.232 e. The minimum absolute atomic E-state index is 0.216. The van der Waals surface area contributed by atoms with Gasteiger partial charge in [-0.1, -0.05) is 37.6 Å². The SMILES string of the molecule is C[C@@H]1C[C@@H](C)CN(c2cc(Cl)nc(NC(=S)NCCCc3ccc(F)cc3)n2)C1. The van der Waals surface area contributed by atoms with Gasteiger partial charge in [0.1, 0.15) is 16.8 Å². The number of hydrogen-bond acceptors (Lipinski definition) is 4. The van der Waals surface area contributed by atoms with Crippen LogP contribution in [-0.4, -0.2) is 34.7 Å². The molecule has 1 aromatic heterocycles. The lowest BCUT2D eigenvalue weighted by atomic mass is 9.92. The maximum atomic E-state index is 12.9. The van der Waals surface area contributed by atoms with Crippen LogP contribution in [0.4, 0.5) is 16.2 Å². The summed E-state index contributed by atoms with van der Waals surface area (Å²) in [6.07, 6.45) is 2.95. The Bertz CT molecular complexity index is 822. The van der Waals surface area contributed by atoms with Crippen molar-refractivity contribution in [2.45, 2.75) is 33.1 Å². The van der Waals surface area contributed by atoms with Gasteiger partial charge in [0.15, 0.2) is 5.11 Å². The summed E-state index contributed by atoms with van der Waals surface area (Å²) < 4.78 is 12.9. The molecule has 0 bridgehead atoms. The van der Waals surface area contributed by atoms with Crippen molar-refractivity contribution in [1.29, 1.82) is 0 Å². The van der Waals surface area contributed by atoms with E-state index in [1.165, 1.54) is 18.6 Å². The van der Waals surface area contributed by atoms with Crippen molar-refractivity contribution in [2.24, 2.45) is 11.8 Å². The number of hydrogen-bond donors (Lipinski definition) is 2. The first-order valence-electron chi connectivity index (χ1n) is 9.98. The van der Waals surface area contributed by atoms with Crippen LogP contribution in [0.15, 0.2) is 30.3 Å². The number of nitrogens with one attached hydrogen (secondary N) is 2. The van der Waals surface area contributed by atoms with E-state index >= 15 is 0 Å². The molecule has 0 unspecified atom stereocenters. The van der Waals surface area contributed by atoms with Gasteiger partial charge in [0, 0.05) is 25.7 Å². The monoisotopic (exact) mass is 435 g/mol. The number of anilines is 2. The van der Waals surface area contributed by atoms with Crippen molar-refractivity contribution in [3.63, 3.8) is 0 Å². The van der Waals surface area contributed by atoms with Crippen LogP contribution in [0, 0.1) is 17.7 Å². The van der Waals surface area contributed by atoms with Crippen molar-refractivity contribution in [1.82, 2.24) is 15.3 Å². The highest BCUT2D eigenvalue weighted by atomic mass is 35.5. The van der Waals surface area contributed by atoms with Crippen LogP contribution in [0.25, 0.3) is 0 Å². The van der Waals surface area contributed by atoms with E-state index in [0.29, 0.717) is 34.6 Å². The van der Waals surface area contributed by atoms with Gasteiger partial charge < -0.3 is 15.5 Å². The number of halogens is 2. The predicted octanol–water partition coefficient (Wildman–Crippen LogP) is 4.67. The molecule has 5 nitrogen and oxygen atoms in total. The Hall–Kier alpha value is -1.99. The molecule has 0 aliphatic carbocycles. The van der Waals surface area contributed by atoms with Gasteiger partial charge in [-0.2, -0.15) is 4.98 Å². The third kappa shape index (κ3) is 6.78. The van der Waals surface area contributed by atoms with E-state index in [4.69, 9.17) is 23.8 Å². The third-order valence-corrected chi connectivity index (χ3v) is 5.38. The van der Waals surface area contributed by atoms with Crippen LogP contribution in [0.3, 0.4) is 0 Å². The molecule has 1 aromatic carbocycles. The molecule has 1 aliphatic rings. The number of nitrogens with zero attached hydrogens (tertiary/aromatic N) is 3. The molecular formula is C21H27ClFN5S. The van der Waals surface area contributed by atoms with E-state index in [1.807, 2.05) is 0 Å². The van der Waals surface area contributed by atoms with Crippen LogP contribution in [0.5, 0.6) is 0 Å². The lowest BCUT2D eigenvalue weighted by Crippen LogP contribution is -2.39. The molecule has 2 N–H and O–H groups in total. The fourth-order valence-electron chi connectivity index (χ4n) is 3.76. The summed E-state index contributed by atoms with van der Waals surface area (Å²) in [6, 6.07) is 8.36. The molecule has 29 heavy (non-hydrogen) atoms. The normalized spacial score (nSPS) is 19.1. The average molecular weight is 436 g/mol. The van der Waals surface area contributed by atoms with Crippen molar-refractivity contribution in [3.8, 4) is 0 Å². The molecule has 3 rings (SSSR count). The van der Waals surface area contributed by atoms with Crippen LogP contribution in [0.2, 0.25) is 5.15 Å². The lowest BCUT2D eigenvalue weighted by Gasteiger charge is -2.35. The van der Waals surface area contributed by atoms with E-state index in [1.54, 1.807) is 18.2 Å². The zero-order chi connectivity index (χ0) is 20.8. The lowest BCUT2D eigenvalue weighted by molar-refractivity contribution is 0.355. The Kier molecular flexibility index (Phi) is 7.61. The van der Waals surface area contributed by atoms with Crippen molar-refractivity contribution in [3.05, 3.63) is 46.9 Å². The quantitative estimate of drug-likeness (QED) is 0.390. The van der Waals surface area contributed by atoms with Gasteiger partial charge >= 0.3 is 0 Å². The number of aromatic nitrogens is 2. The van der Waals surface area contributed by atoms with E-state index in [2.05, 4.69) is 39.3 Å². The van der Waals surface area contributed by atoms with Gasteiger partial charge in [-0.3, -0.25) is 0 Å². The Balaban J connectivity index is 1.50. The summed E-state index contributed by atoms with van der Waals surface area (Å²) in [4.78, 5) is 11.1. The van der Waals surface area contributed by atoms with Gasteiger partial charge in [-0.05, 0) is 61.0 Å². The van der Waals surface area contributed by atoms with Gasteiger partial charge in [0.05, 0.1) is 0 Å². The molecule has 2 aromatic rings. The van der Waals surface area contributed by atoms with E-state index in [0.717, 1.165) is 37.3 Å². The molecule has 0 spiro atoms. The summed E-state index contributed by atoms with van der Waals surface area (Å²) in [5.74, 6) is 2.24. The van der Waals surface area contributed by atoms with Crippen molar-refractivity contribution >= 4 is 40.7 Å². The van der Waals surface area contributed by atoms with Crippen LogP contribution in [0.1, 0.15) is 32.3 Å². The topological polar surface area (TPSA) is 53.1 Å². The standard InChI is InChI=1S/C21H27ClFN5S/c1-14-10-15(2)13-28(12-14)19-11-18(22)25-20(26-19)27-21(29)24-9-3-4-16-5-7-17(23)8-6-16/h5-8,11,14-15H,3-4,9-10,12-13H2,1-2H3,(H2,24,25,26,27,29)/t14-,15-/m1/s1. The molecule has 156 valence electrons. The second-order valence-corrected chi connectivity index (χ2v) is 8.63. The summed E-state index contributed by atoms with van der Waals surface area (Å²) in [6.45, 7) is 7.13. The minimum atomic E-state index is -0.216. The zero-order valence-corrected chi connectivity index (χ0v) is 18.4. The number of piperidine rings is 1. The molecule has 0 saturated carbocycles. The van der Waals surface area contributed by atoms with Gasteiger partial charge in [0.25, 0.3) is 0 Å². The zero-order valence-electron chi connectivity index (χ0n) is 16.8. The Morgan fingerprint density at radius 1 is 1.21 bits per heavy atom. The van der Waals surface area contributed by atoms with Crippen molar-refractivity contribution in [2.75, 3.05) is 29.9 Å². The highest BCUT2D eigenvalue weighted by Crippen LogP contribution is 2.27. The molecule has 0 radical (unpaired) electrons. The van der Waals surface area contributed by atoms with E-state index < -0.39 is 0 Å². The first kappa shape index (κ1) is 21.7. The summed E-state index contributed by atoms with van der Waals surface area (Å²) in [5.41, 5.74) is 1.10. The van der Waals surface area contributed by atoms with Gasteiger partial charge in [-0.15, -0.1) is 0 Å². The summed E-state index contributed by atoms with van der Waals surface area (Å²) in [5, 5.41) is 7.03. The van der Waals surface area contributed by atoms with Crippen LogP contribution >= 0.6 is 23.8 Å². The van der Waals surface area contributed by atoms with Crippen LogP contribution in [-0.2, 0) is 6.42 Å². The highest BCUT2D eigenvalue weighted by Gasteiger charge is 2.23. The Morgan fingerprint density at radius 2 is 1.90 bits per heavy atom. The molecule has 0 amide bonds. The maximum absolute atomic E-state index is 12.9. The average Bonchev–Trinajstić information content (AvgIpc) is 2.65. The first-order chi connectivity index (χ1) is 13.9. The largest absolute Gasteiger partial charge is 0.362 e. The first-order valence-corrected chi connectivity index (χ1v) is 10.8. The number of benzene rings is 1. The predicted molar refractivity (Wildman–Crippen MR) is 121 cm³/mol. The number of aryl methyl sites for hydroxylation is 1. The fraction of sp³-hybridized carbons (Fsp3) is 0.476. The summed E-state index contributed by atoms with van der Waals surface area (Å²) >= 11 is 11.6. The molecule has 8 heteroatoms. The summed E-state index contributed by atoms with van der Waals surface area (Å²) in [7, 11) is 0. The molecule has 2 atom stereocenters. The highest BCUT2D eigenvalue weighted by molar-refractivity contribution is 7.80. The van der Waals surface area contributed by atoms with Crippen LogP contribution < -0.4 is 15.5 Å². The second-order valence-electron chi connectivity index (χ2n) is 7.83. The molecule has 1 aliphatic heterocycles. The van der Waals surface area contributed by atoms with E-state index in [9.17, 15) is 4.39 Å². The Morgan fingerprint density at radius 3 is 2.59 bits per heavy atom. The van der Waals surface area contributed by atoms with Gasteiger partial charge in [0.2, 0.25) is 5.95 Å². The Labute approximate surface area is 182 Å². The van der Waals surface area contributed by atoms with Gasteiger partial charge in [-0.25, -0.2) is 9.37 Å². The number of rotatable bonds is 6. The molecule has 1 saturated heterocycles. The molecule has 2 heterocycles. The third-order valence-electron chi connectivity index (χ3n) is 4.94. The minimum Gasteiger partial charge on any atom is -0.362 e. The number of thiocarbonyl (C=S) groups is 1. The van der Waals surface area contributed by atoms with Crippen molar-refractivity contribution < 1.29 is 4.39 Å². The smallest absolute Gasteiger partial charge is 0.232 e. The molecular weight excluding hydrogens is 409 g/mol. The second kappa shape index (κ2) is 10.2. The van der Waals surface area contributed by atoms with E-state index in [-0.39, 0.29) is 5.82 Å². The fourth-order valence-corrected chi connectivity index (χ4v) is 4.14. The molecule has 1 fully saturated rings.